The minimum absolute atomic E-state index is 0.104. The lowest BCUT2D eigenvalue weighted by Gasteiger charge is -2.29. The molecular weight excluding hydrogens is 246 g/mol. The predicted octanol–water partition coefficient (Wildman–Crippen LogP) is 1.55. The van der Waals surface area contributed by atoms with Gasteiger partial charge in [0.25, 0.3) is 0 Å². The average molecular weight is 261 g/mol. The van der Waals surface area contributed by atoms with Gasteiger partial charge in [0.1, 0.15) is 11.8 Å². The van der Waals surface area contributed by atoms with Gasteiger partial charge in [-0.05, 0) is 12.8 Å². The van der Waals surface area contributed by atoms with E-state index in [9.17, 15) is 4.79 Å². The minimum Gasteiger partial charge on any atom is -0.481 e. The number of imidazole rings is 1. The van der Waals surface area contributed by atoms with E-state index in [1.807, 2.05) is 0 Å². The minimum atomic E-state index is -0.788. The molecule has 3 rings (SSSR count). The third-order valence-electron chi connectivity index (χ3n) is 3.66. The molecule has 0 saturated heterocycles. The molecular formula is C12H15N5O2. The summed E-state index contributed by atoms with van der Waals surface area (Å²) in [6.45, 7) is 0. The maximum atomic E-state index is 11.1. The quantitative estimate of drug-likeness (QED) is 0.771. The Kier molecular flexibility index (Phi) is 2.81. The number of carboxylic acids is 1. The summed E-state index contributed by atoms with van der Waals surface area (Å²) >= 11 is 0. The van der Waals surface area contributed by atoms with Crippen LogP contribution in [0.2, 0.25) is 0 Å². The fourth-order valence-electron chi connectivity index (χ4n) is 2.80. The molecule has 1 aliphatic carbocycles. The molecule has 1 saturated carbocycles. The number of anilines is 1. The van der Waals surface area contributed by atoms with Gasteiger partial charge in [0.05, 0.1) is 12.7 Å². The van der Waals surface area contributed by atoms with E-state index in [1.54, 1.807) is 6.33 Å². The van der Waals surface area contributed by atoms with E-state index in [2.05, 4.69) is 25.3 Å². The summed E-state index contributed by atoms with van der Waals surface area (Å²) in [5.41, 5.74) is 0.901. The number of aliphatic carboxylic acids is 1. The van der Waals surface area contributed by atoms with Crippen LogP contribution in [0.15, 0.2) is 12.7 Å². The van der Waals surface area contributed by atoms with E-state index in [4.69, 9.17) is 5.11 Å². The lowest BCUT2D eigenvalue weighted by atomic mass is 9.93. The fraction of sp³-hybridized carbons (Fsp3) is 0.500. The first kappa shape index (κ1) is 11.9. The van der Waals surface area contributed by atoms with Crippen molar-refractivity contribution in [1.82, 2.24) is 19.9 Å². The Morgan fingerprint density at radius 3 is 2.89 bits per heavy atom. The van der Waals surface area contributed by atoms with Crippen LogP contribution in [0.4, 0.5) is 5.82 Å². The molecule has 0 aromatic carbocycles. The maximum absolute atomic E-state index is 11.1. The Bertz CT molecular complexity index is 603. The molecule has 2 aromatic rings. The Morgan fingerprint density at radius 1 is 1.37 bits per heavy atom. The summed E-state index contributed by atoms with van der Waals surface area (Å²) in [4.78, 5) is 26.4. The zero-order valence-corrected chi connectivity index (χ0v) is 10.4. The highest BCUT2D eigenvalue weighted by molar-refractivity contribution is 5.82. The van der Waals surface area contributed by atoms with Gasteiger partial charge >= 0.3 is 5.97 Å². The number of H-pyrrole nitrogens is 1. The summed E-state index contributed by atoms with van der Waals surface area (Å²) in [5.74, 6) is -0.157. The van der Waals surface area contributed by atoms with Crippen LogP contribution in [0.3, 0.4) is 0 Å². The van der Waals surface area contributed by atoms with Gasteiger partial charge in [0.15, 0.2) is 11.5 Å². The van der Waals surface area contributed by atoms with E-state index in [0.717, 1.165) is 31.2 Å². The van der Waals surface area contributed by atoms with Crippen LogP contribution in [-0.4, -0.2) is 36.6 Å². The molecule has 7 nitrogen and oxygen atoms in total. The molecule has 0 aliphatic heterocycles. The number of nitrogens with zero attached hydrogens (tertiary/aromatic N) is 3. The van der Waals surface area contributed by atoms with Crippen molar-refractivity contribution in [3.05, 3.63) is 12.7 Å². The van der Waals surface area contributed by atoms with Crippen molar-refractivity contribution in [2.45, 2.75) is 37.6 Å². The van der Waals surface area contributed by atoms with Crippen LogP contribution < -0.4 is 5.32 Å². The van der Waals surface area contributed by atoms with Crippen LogP contribution in [-0.2, 0) is 4.79 Å². The van der Waals surface area contributed by atoms with Crippen LogP contribution in [0.5, 0.6) is 0 Å². The number of rotatable bonds is 4. The molecule has 0 atom stereocenters. The van der Waals surface area contributed by atoms with E-state index in [-0.39, 0.29) is 6.42 Å². The molecule has 19 heavy (non-hydrogen) atoms. The van der Waals surface area contributed by atoms with Gasteiger partial charge < -0.3 is 15.4 Å². The van der Waals surface area contributed by atoms with Gasteiger partial charge in [-0.15, -0.1) is 0 Å². The standard InChI is InChI=1S/C12H15N5O2/c18-8(19)5-12(3-1-2-4-12)17-11-9-10(14-6-13-9)15-7-16-11/h6-7H,1-5H2,(H,18,19)(H2,13,14,15,16,17). The molecule has 2 aromatic heterocycles. The van der Waals surface area contributed by atoms with Crippen molar-refractivity contribution < 1.29 is 9.90 Å². The molecule has 3 N–H and O–H groups in total. The van der Waals surface area contributed by atoms with Crippen LogP contribution in [0, 0.1) is 0 Å². The molecule has 0 radical (unpaired) electrons. The average Bonchev–Trinajstić information content (AvgIpc) is 2.98. The second-order valence-corrected chi connectivity index (χ2v) is 5.01. The van der Waals surface area contributed by atoms with Crippen molar-refractivity contribution >= 4 is 23.0 Å². The lowest BCUT2D eigenvalue weighted by Crippen LogP contribution is -2.38. The molecule has 7 heteroatoms. The summed E-state index contributed by atoms with van der Waals surface area (Å²) in [6.07, 6.45) is 6.87. The van der Waals surface area contributed by atoms with E-state index >= 15 is 0 Å². The molecule has 0 unspecified atom stereocenters. The molecule has 0 spiro atoms. The number of carboxylic acid groups (broad SMARTS) is 1. The van der Waals surface area contributed by atoms with Crippen LogP contribution in [0.25, 0.3) is 11.2 Å². The number of fused-ring (bicyclic) bond motifs is 1. The van der Waals surface area contributed by atoms with E-state index < -0.39 is 11.5 Å². The van der Waals surface area contributed by atoms with Crippen LogP contribution >= 0.6 is 0 Å². The summed E-state index contributed by atoms with van der Waals surface area (Å²) in [5, 5.41) is 12.4. The van der Waals surface area contributed by atoms with E-state index in [0.29, 0.717) is 11.5 Å². The highest BCUT2D eigenvalue weighted by Gasteiger charge is 2.36. The first-order valence-electron chi connectivity index (χ1n) is 6.33. The smallest absolute Gasteiger partial charge is 0.305 e. The third-order valence-corrected chi connectivity index (χ3v) is 3.66. The normalized spacial score (nSPS) is 17.7. The molecule has 1 fully saturated rings. The SMILES string of the molecule is O=C(O)CC1(Nc2ncnc3nc[nH]c23)CCCC1. The maximum Gasteiger partial charge on any atom is 0.305 e. The fourth-order valence-corrected chi connectivity index (χ4v) is 2.80. The number of aromatic nitrogens is 4. The van der Waals surface area contributed by atoms with Crippen LogP contribution in [0.1, 0.15) is 32.1 Å². The van der Waals surface area contributed by atoms with Gasteiger partial charge in [-0.1, -0.05) is 12.8 Å². The Labute approximate surface area is 109 Å². The molecule has 2 heterocycles. The van der Waals surface area contributed by atoms with Crippen molar-refractivity contribution in [1.29, 1.82) is 0 Å². The van der Waals surface area contributed by atoms with Crippen molar-refractivity contribution in [3.63, 3.8) is 0 Å². The monoisotopic (exact) mass is 261 g/mol. The molecule has 1 aliphatic rings. The van der Waals surface area contributed by atoms with Crippen molar-refractivity contribution in [2.75, 3.05) is 5.32 Å². The first-order valence-corrected chi connectivity index (χ1v) is 6.33. The number of hydrogen-bond donors (Lipinski definition) is 3. The Balaban J connectivity index is 1.93. The molecule has 0 bridgehead atoms. The second kappa shape index (κ2) is 4.49. The van der Waals surface area contributed by atoms with Gasteiger partial charge in [-0.3, -0.25) is 4.79 Å². The Hall–Kier alpha value is -2.18. The van der Waals surface area contributed by atoms with Crippen molar-refractivity contribution in [3.8, 4) is 0 Å². The molecule has 0 amide bonds. The van der Waals surface area contributed by atoms with Gasteiger partial charge in [-0.2, -0.15) is 0 Å². The predicted molar refractivity (Wildman–Crippen MR) is 68.8 cm³/mol. The zero-order chi connectivity index (χ0) is 13.3. The summed E-state index contributed by atoms with van der Waals surface area (Å²) in [7, 11) is 0. The second-order valence-electron chi connectivity index (χ2n) is 5.01. The zero-order valence-electron chi connectivity index (χ0n) is 10.4. The topological polar surface area (TPSA) is 104 Å². The highest BCUT2D eigenvalue weighted by Crippen LogP contribution is 2.36. The van der Waals surface area contributed by atoms with E-state index in [1.165, 1.54) is 6.33 Å². The number of nitrogens with one attached hydrogen (secondary N) is 2. The number of carbonyl (C=O) groups is 1. The number of aromatic amines is 1. The Morgan fingerprint density at radius 2 is 2.16 bits per heavy atom. The largest absolute Gasteiger partial charge is 0.481 e. The first-order chi connectivity index (χ1) is 9.19. The van der Waals surface area contributed by atoms with Gasteiger partial charge in [0, 0.05) is 5.54 Å². The lowest BCUT2D eigenvalue weighted by molar-refractivity contribution is -0.138. The summed E-state index contributed by atoms with van der Waals surface area (Å²) < 4.78 is 0. The number of hydrogen-bond acceptors (Lipinski definition) is 5. The van der Waals surface area contributed by atoms with Gasteiger partial charge in [-0.25, -0.2) is 15.0 Å². The highest BCUT2D eigenvalue weighted by atomic mass is 16.4. The van der Waals surface area contributed by atoms with Crippen molar-refractivity contribution in [2.24, 2.45) is 0 Å². The third kappa shape index (κ3) is 2.23. The molecule has 100 valence electrons. The summed E-state index contributed by atoms with van der Waals surface area (Å²) in [6, 6.07) is 0. The van der Waals surface area contributed by atoms with Gasteiger partial charge in [0.2, 0.25) is 0 Å².